The van der Waals surface area contributed by atoms with Crippen LogP contribution in [0, 0.1) is 11.8 Å². The molecule has 0 bridgehead atoms. The van der Waals surface area contributed by atoms with Crippen LogP contribution in [0.15, 0.2) is 30.5 Å². The van der Waals surface area contributed by atoms with Crippen molar-refractivity contribution in [1.29, 1.82) is 0 Å². The van der Waals surface area contributed by atoms with Crippen LogP contribution in [-0.4, -0.2) is 22.1 Å². The van der Waals surface area contributed by atoms with E-state index >= 15 is 0 Å². The molecule has 1 saturated heterocycles. The second-order valence-electron chi connectivity index (χ2n) is 6.21. The highest BCUT2D eigenvalue weighted by molar-refractivity contribution is 5.80. The highest BCUT2D eigenvalue weighted by Crippen LogP contribution is 2.40. The summed E-state index contributed by atoms with van der Waals surface area (Å²) < 4.78 is 0. The predicted octanol–water partition coefficient (Wildman–Crippen LogP) is 2.19. The molecule has 1 saturated carbocycles. The Morgan fingerprint density at radius 2 is 2.10 bits per heavy atom. The van der Waals surface area contributed by atoms with Crippen LogP contribution in [0.25, 0.3) is 10.9 Å². The summed E-state index contributed by atoms with van der Waals surface area (Å²) in [6, 6.07) is 9.06. The molecule has 4 unspecified atom stereocenters. The van der Waals surface area contributed by atoms with Gasteiger partial charge in [0.25, 0.3) is 0 Å². The van der Waals surface area contributed by atoms with Crippen molar-refractivity contribution >= 4 is 16.9 Å². The lowest BCUT2D eigenvalue weighted by molar-refractivity contribution is -0.143. The largest absolute Gasteiger partial charge is 0.481 e. The van der Waals surface area contributed by atoms with Gasteiger partial charge in [0, 0.05) is 17.8 Å². The molecule has 4 rings (SSSR count). The number of benzene rings is 1. The first-order valence-electron chi connectivity index (χ1n) is 7.53. The topological polar surface area (TPSA) is 77.2 Å². The van der Waals surface area contributed by atoms with E-state index in [1.807, 2.05) is 6.20 Å². The Kier molecular flexibility index (Phi) is 2.97. The molecule has 2 heterocycles. The number of hydrogen-bond donors (Lipinski definition) is 4. The number of hydrazine groups is 1. The molecule has 0 amide bonds. The van der Waals surface area contributed by atoms with Crippen LogP contribution < -0.4 is 10.9 Å². The summed E-state index contributed by atoms with van der Waals surface area (Å²) in [7, 11) is 0. The van der Waals surface area contributed by atoms with E-state index in [1.165, 1.54) is 10.9 Å². The Morgan fingerprint density at radius 3 is 2.95 bits per heavy atom. The Hall–Kier alpha value is -1.85. The smallest absolute Gasteiger partial charge is 0.306 e. The molecule has 21 heavy (non-hydrogen) atoms. The molecule has 2 fully saturated rings. The van der Waals surface area contributed by atoms with E-state index in [9.17, 15) is 9.90 Å². The minimum atomic E-state index is -0.653. The molecule has 110 valence electrons. The van der Waals surface area contributed by atoms with Gasteiger partial charge in [-0.05, 0) is 54.3 Å². The standard InChI is InChI=1S/C16H19N3O2/c20-16(21)11-2-4-14-12(8-11)15(19-18-14)10-1-3-13-9(7-10)5-6-17-13/h1,3,5-7,11-12,14-15,17-19H,2,4,8H2,(H,20,21). The van der Waals surface area contributed by atoms with Gasteiger partial charge in [-0.2, -0.15) is 0 Å². The second kappa shape index (κ2) is 4.86. The summed E-state index contributed by atoms with van der Waals surface area (Å²) in [5.74, 6) is -0.511. The van der Waals surface area contributed by atoms with Crippen molar-refractivity contribution in [3.05, 3.63) is 36.0 Å². The fourth-order valence-electron chi connectivity index (χ4n) is 3.88. The molecular weight excluding hydrogens is 266 g/mol. The number of aromatic nitrogens is 1. The van der Waals surface area contributed by atoms with Crippen molar-refractivity contribution in [3.8, 4) is 0 Å². The number of hydrogen-bond acceptors (Lipinski definition) is 3. The number of carboxylic acid groups (broad SMARTS) is 1. The molecule has 2 aromatic rings. The van der Waals surface area contributed by atoms with E-state index in [4.69, 9.17) is 0 Å². The Labute approximate surface area is 122 Å². The Bertz CT molecular complexity index is 681. The van der Waals surface area contributed by atoms with Crippen molar-refractivity contribution in [2.24, 2.45) is 11.8 Å². The van der Waals surface area contributed by atoms with Crippen LogP contribution in [0.4, 0.5) is 0 Å². The maximum Gasteiger partial charge on any atom is 0.306 e. The van der Waals surface area contributed by atoms with Gasteiger partial charge < -0.3 is 10.1 Å². The second-order valence-corrected chi connectivity index (χ2v) is 6.21. The lowest BCUT2D eigenvalue weighted by atomic mass is 9.74. The lowest BCUT2D eigenvalue weighted by Crippen LogP contribution is -2.36. The van der Waals surface area contributed by atoms with Gasteiger partial charge in [0.05, 0.1) is 12.0 Å². The number of fused-ring (bicyclic) bond motifs is 2. The van der Waals surface area contributed by atoms with E-state index in [2.05, 4.69) is 40.1 Å². The monoisotopic (exact) mass is 285 g/mol. The van der Waals surface area contributed by atoms with E-state index in [1.54, 1.807) is 0 Å². The third kappa shape index (κ3) is 2.13. The molecule has 4 N–H and O–H groups in total. The first kappa shape index (κ1) is 12.9. The molecule has 1 aliphatic carbocycles. The van der Waals surface area contributed by atoms with Crippen molar-refractivity contribution < 1.29 is 9.90 Å². The summed E-state index contributed by atoms with van der Waals surface area (Å²) in [6.07, 6.45) is 4.39. The molecule has 1 aliphatic heterocycles. The van der Waals surface area contributed by atoms with E-state index in [-0.39, 0.29) is 12.0 Å². The van der Waals surface area contributed by atoms with Crippen molar-refractivity contribution in [3.63, 3.8) is 0 Å². The summed E-state index contributed by atoms with van der Waals surface area (Å²) >= 11 is 0. The summed E-state index contributed by atoms with van der Waals surface area (Å²) in [5, 5.41) is 10.5. The number of aromatic amines is 1. The number of aliphatic carboxylic acids is 1. The number of rotatable bonds is 2. The van der Waals surface area contributed by atoms with Crippen LogP contribution in [-0.2, 0) is 4.79 Å². The molecule has 0 spiro atoms. The molecule has 5 heteroatoms. The van der Waals surface area contributed by atoms with Gasteiger partial charge in [-0.15, -0.1) is 0 Å². The number of nitrogens with one attached hydrogen (secondary N) is 3. The molecule has 1 aromatic heterocycles. The van der Waals surface area contributed by atoms with Crippen LogP contribution >= 0.6 is 0 Å². The molecule has 5 nitrogen and oxygen atoms in total. The maximum absolute atomic E-state index is 11.3. The van der Waals surface area contributed by atoms with Gasteiger partial charge in [0.15, 0.2) is 0 Å². The van der Waals surface area contributed by atoms with E-state index < -0.39 is 5.97 Å². The highest BCUT2D eigenvalue weighted by atomic mass is 16.4. The van der Waals surface area contributed by atoms with Crippen LogP contribution in [0.5, 0.6) is 0 Å². The van der Waals surface area contributed by atoms with Gasteiger partial charge >= 0.3 is 5.97 Å². The van der Waals surface area contributed by atoms with E-state index in [0.29, 0.717) is 12.0 Å². The zero-order chi connectivity index (χ0) is 14.4. The SMILES string of the molecule is O=C(O)C1CCC2NNC(c3ccc4[nH]ccc4c3)C2C1. The quantitative estimate of drug-likeness (QED) is 0.682. The van der Waals surface area contributed by atoms with Crippen molar-refractivity contribution in [1.82, 2.24) is 15.8 Å². The number of H-pyrrole nitrogens is 1. The zero-order valence-corrected chi connectivity index (χ0v) is 11.7. The van der Waals surface area contributed by atoms with Gasteiger partial charge in [-0.25, -0.2) is 5.43 Å². The number of carboxylic acids is 1. The summed E-state index contributed by atoms with van der Waals surface area (Å²) in [5.41, 5.74) is 9.10. The fraction of sp³-hybridized carbons (Fsp3) is 0.438. The molecule has 4 atom stereocenters. The van der Waals surface area contributed by atoms with Gasteiger partial charge in [0.2, 0.25) is 0 Å². The maximum atomic E-state index is 11.3. The van der Waals surface area contributed by atoms with Gasteiger partial charge in [-0.3, -0.25) is 10.2 Å². The summed E-state index contributed by atoms with van der Waals surface area (Å²) in [6.45, 7) is 0. The normalized spacial score (nSPS) is 32.2. The third-order valence-electron chi connectivity index (χ3n) is 5.04. The Morgan fingerprint density at radius 1 is 1.19 bits per heavy atom. The minimum Gasteiger partial charge on any atom is -0.481 e. The van der Waals surface area contributed by atoms with Crippen LogP contribution in [0.2, 0.25) is 0 Å². The predicted molar refractivity (Wildman–Crippen MR) is 79.6 cm³/mol. The molecule has 2 aliphatic rings. The van der Waals surface area contributed by atoms with E-state index in [0.717, 1.165) is 24.8 Å². The first-order chi connectivity index (χ1) is 10.2. The summed E-state index contributed by atoms with van der Waals surface area (Å²) in [4.78, 5) is 14.5. The lowest BCUT2D eigenvalue weighted by Gasteiger charge is -2.31. The average molecular weight is 285 g/mol. The highest BCUT2D eigenvalue weighted by Gasteiger charge is 2.42. The third-order valence-corrected chi connectivity index (χ3v) is 5.04. The first-order valence-corrected chi connectivity index (χ1v) is 7.53. The van der Waals surface area contributed by atoms with Crippen molar-refractivity contribution in [2.45, 2.75) is 31.3 Å². The average Bonchev–Trinajstić information content (AvgIpc) is 3.12. The van der Waals surface area contributed by atoms with Gasteiger partial charge in [-0.1, -0.05) is 6.07 Å². The minimum absolute atomic E-state index is 0.191. The Balaban J connectivity index is 1.63. The van der Waals surface area contributed by atoms with Crippen LogP contribution in [0.3, 0.4) is 0 Å². The molecular formula is C16H19N3O2. The zero-order valence-electron chi connectivity index (χ0n) is 11.7. The number of carbonyl (C=O) groups is 1. The van der Waals surface area contributed by atoms with Crippen molar-refractivity contribution in [2.75, 3.05) is 0 Å². The van der Waals surface area contributed by atoms with Gasteiger partial charge in [0.1, 0.15) is 0 Å². The van der Waals surface area contributed by atoms with Crippen LogP contribution in [0.1, 0.15) is 30.9 Å². The molecule has 1 aromatic carbocycles. The fourth-order valence-corrected chi connectivity index (χ4v) is 3.88. The molecule has 0 radical (unpaired) electrons.